The van der Waals surface area contributed by atoms with Gasteiger partial charge in [-0.1, -0.05) is 68.8 Å². The molecule has 0 saturated heterocycles. The normalized spacial score (nSPS) is 12.1. The highest BCUT2D eigenvalue weighted by Crippen LogP contribution is 2.28. The predicted octanol–water partition coefficient (Wildman–Crippen LogP) is 4.67. The third kappa shape index (κ3) is 4.43. The first-order valence-electron chi connectivity index (χ1n) is 9.39. The lowest BCUT2D eigenvalue weighted by Crippen LogP contribution is -2.32. The summed E-state index contributed by atoms with van der Waals surface area (Å²) in [6.45, 7) is 12.6. The van der Waals surface area contributed by atoms with Crippen molar-refractivity contribution in [2.75, 3.05) is 0 Å². The molecule has 0 radical (unpaired) electrons. The molecule has 1 heterocycles. The summed E-state index contributed by atoms with van der Waals surface area (Å²) in [5.41, 5.74) is 2.88. The quantitative estimate of drug-likeness (QED) is 0.622. The zero-order valence-electron chi connectivity index (χ0n) is 17.2. The Morgan fingerprint density at radius 3 is 2.31 bits per heavy atom. The minimum Gasteiger partial charge on any atom is -0.332 e. The van der Waals surface area contributed by atoms with E-state index < -0.39 is 15.9 Å². The number of rotatable bonds is 5. The molecule has 1 N–H and O–H groups in total. The summed E-state index contributed by atoms with van der Waals surface area (Å²) >= 11 is 0. The van der Waals surface area contributed by atoms with Gasteiger partial charge in [-0.05, 0) is 36.6 Å². The number of sulfonamides is 1. The fraction of sp³-hybridized carbons (Fsp3) is 0.261. The highest BCUT2D eigenvalue weighted by molar-refractivity contribution is 7.90. The highest BCUT2D eigenvalue weighted by Gasteiger charge is 2.24. The topological polar surface area (TPSA) is 68.2 Å². The van der Waals surface area contributed by atoms with Crippen molar-refractivity contribution in [2.24, 2.45) is 5.41 Å². The van der Waals surface area contributed by atoms with E-state index in [1.54, 1.807) is 18.2 Å². The molecule has 6 heteroatoms. The lowest BCUT2D eigenvalue weighted by atomic mass is 9.87. The van der Waals surface area contributed by atoms with E-state index in [9.17, 15) is 13.2 Å². The second-order valence-electron chi connectivity index (χ2n) is 8.28. The molecule has 152 valence electrons. The number of hydrogen-bond donors (Lipinski definition) is 1. The molecule has 2 aromatic carbocycles. The molecule has 0 saturated carbocycles. The Kier molecular flexibility index (Phi) is 5.41. The van der Waals surface area contributed by atoms with E-state index in [0.29, 0.717) is 6.54 Å². The van der Waals surface area contributed by atoms with Crippen LogP contribution in [0.4, 0.5) is 0 Å². The van der Waals surface area contributed by atoms with Crippen LogP contribution in [0.25, 0.3) is 10.9 Å². The molecule has 0 fully saturated rings. The second kappa shape index (κ2) is 7.52. The largest absolute Gasteiger partial charge is 0.332 e. The molecule has 3 rings (SSSR count). The van der Waals surface area contributed by atoms with Crippen molar-refractivity contribution in [3.63, 3.8) is 0 Å². The fourth-order valence-electron chi connectivity index (χ4n) is 2.95. The van der Waals surface area contributed by atoms with E-state index in [0.717, 1.165) is 22.0 Å². The predicted molar refractivity (Wildman–Crippen MR) is 116 cm³/mol. The summed E-state index contributed by atoms with van der Waals surface area (Å²) in [4.78, 5) is 13.0. The summed E-state index contributed by atoms with van der Waals surface area (Å²) < 4.78 is 29.4. The van der Waals surface area contributed by atoms with Crippen LogP contribution in [0.15, 0.2) is 71.6 Å². The van der Waals surface area contributed by atoms with Crippen molar-refractivity contribution in [1.82, 2.24) is 9.29 Å². The first kappa shape index (κ1) is 20.9. The summed E-state index contributed by atoms with van der Waals surface area (Å²) in [6, 6.07) is 15.7. The maximum atomic E-state index is 13.0. The van der Waals surface area contributed by atoms with Crippen LogP contribution in [0.5, 0.6) is 0 Å². The van der Waals surface area contributed by atoms with E-state index in [-0.39, 0.29) is 16.0 Å². The van der Waals surface area contributed by atoms with Crippen LogP contribution in [0.1, 0.15) is 36.8 Å². The van der Waals surface area contributed by atoms with Gasteiger partial charge in [-0.25, -0.2) is 13.1 Å². The van der Waals surface area contributed by atoms with Crippen LogP contribution in [-0.4, -0.2) is 18.9 Å². The van der Waals surface area contributed by atoms with Gasteiger partial charge in [-0.15, -0.1) is 0 Å². The van der Waals surface area contributed by atoms with E-state index in [1.807, 2.05) is 35.8 Å². The van der Waals surface area contributed by atoms with Gasteiger partial charge >= 0.3 is 0 Å². The molecule has 1 aromatic heterocycles. The SMILES string of the molecule is C=C(Cn1c(C(=O)NS(=O)(=O)c2ccc(C)cc2)cc2ccccc21)C(C)(C)C. The third-order valence-electron chi connectivity index (χ3n) is 5.01. The summed E-state index contributed by atoms with van der Waals surface area (Å²) in [5, 5.41) is 0.868. The van der Waals surface area contributed by atoms with Crippen molar-refractivity contribution in [1.29, 1.82) is 0 Å². The molecule has 1 amide bonds. The molecular formula is C23H26N2O3S. The number of carbonyl (C=O) groups is 1. The van der Waals surface area contributed by atoms with Gasteiger partial charge < -0.3 is 4.57 Å². The molecule has 0 aliphatic carbocycles. The van der Waals surface area contributed by atoms with Crippen molar-refractivity contribution < 1.29 is 13.2 Å². The van der Waals surface area contributed by atoms with Gasteiger partial charge in [0, 0.05) is 17.4 Å². The summed E-state index contributed by atoms with van der Waals surface area (Å²) in [6.07, 6.45) is 0. The number of nitrogens with zero attached hydrogens (tertiary/aromatic N) is 1. The Morgan fingerprint density at radius 1 is 1.07 bits per heavy atom. The fourth-order valence-corrected chi connectivity index (χ4v) is 3.91. The monoisotopic (exact) mass is 410 g/mol. The van der Waals surface area contributed by atoms with Crippen LogP contribution in [0, 0.1) is 12.3 Å². The second-order valence-corrected chi connectivity index (χ2v) is 9.96. The third-order valence-corrected chi connectivity index (χ3v) is 6.36. The highest BCUT2D eigenvalue weighted by atomic mass is 32.2. The van der Waals surface area contributed by atoms with Crippen molar-refractivity contribution >= 4 is 26.8 Å². The number of nitrogens with one attached hydrogen (secondary N) is 1. The minimum atomic E-state index is -3.97. The number of amides is 1. The maximum Gasteiger partial charge on any atom is 0.281 e. The number of para-hydroxylation sites is 1. The number of carbonyl (C=O) groups excluding carboxylic acids is 1. The Hall–Kier alpha value is -2.86. The number of aromatic nitrogens is 1. The Morgan fingerprint density at radius 2 is 1.69 bits per heavy atom. The standard InChI is InChI=1S/C23H26N2O3S/c1-16-10-12-19(13-11-16)29(27,28)24-22(26)21-14-18-8-6-7-9-20(18)25(21)15-17(2)23(3,4)5/h6-14H,2,15H2,1,3-5H3,(H,24,26). The number of hydrogen-bond acceptors (Lipinski definition) is 3. The van der Waals surface area contributed by atoms with Crippen molar-refractivity contribution in [3.8, 4) is 0 Å². The van der Waals surface area contributed by atoms with Crippen molar-refractivity contribution in [3.05, 3.63) is 78.0 Å². The maximum absolute atomic E-state index is 13.0. The number of allylic oxidation sites excluding steroid dienone is 1. The Bertz CT molecular complexity index is 1180. The lowest BCUT2D eigenvalue weighted by Gasteiger charge is -2.23. The molecular weight excluding hydrogens is 384 g/mol. The van der Waals surface area contributed by atoms with E-state index >= 15 is 0 Å². The molecule has 3 aromatic rings. The molecule has 0 unspecified atom stereocenters. The van der Waals surface area contributed by atoms with Crippen molar-refractivity contribution in [2.45, 2.75) is 39.1 Å². The molecule has 0 aliphatic rings. The van der Waals surface area contributed by atoms with E-state index in [1.165, 1.54) is 12.1 Å². The van der Waals surface area contributed by atoms with Gasteiger partial charge in [-0.3, -0.25) is 4.79 Å². The lowest BCUT2D eigenvalue weighted by molar-refractivity contribution is 0.0973. The van der Waals surface area contributed by atoms with Crippen LogP contribution in [-0.2, 0) is 16.6 Å². The smallest absolute Gasteiger partial charge is 0.281 e. The van der Waals surface area contributed by atoms with Gasteiger partial charge in [0.25, 0.3) is 15.9 Å². The summed E-state index contributed by atoms with van der Waals surface area (Å²) in [7, 11) is -3.97. The summed E-state index contributed by atoms with van der Waals surface area (Å²) in [5.74, 6) is -0.663. The number of aryl methyl sites for hydroxylation is 1. The Balaban J connectivity index is 2.00. The minimum absolute atomic E-state index is 0.0539. The van der Waals surface area contributed by atoms with Gasteiger partial charge in [0.15, 0.2) is 0 Å². The molecule has 0 atom stereocenters. The molecule has 0 bridgehead atoms. The Labute approximate surface area is 172 Å². The van der Waals surface area contributed by atoms with E-state index in [2.05, 4.69) is 32.1 Å². The van der Waals surface area contributed by atoms with Crippen LogP contribution < -0.4 is 4.72 Å². The first-order valence-corrected chi connectivity index (χ1v) is 10.9. The molecule has 0 aliphatic heterocycles. The van der Waals surface area contributed by atoms with Gasteiger partial charge in [-0.2, -0.15) is 0 Å². The average molecular weight is 411 g/mol. The zero-order valence-corrected chi connectivity index (χ0v) is 18.0. The van der Waals surface area contributed by atoms with Crippen LogP contribution in [0.3, 0.4) is 0 Å². The average Bonchev–Trinajstić information content (AvgIpc) is 3.00. The number of fused-ring (bicyclic) bond motifs is 1. The zero-order chi connectivity index (χ0) is 21.4. The molecule has 29 heavy (non-hydrogen) atoms. The van der Waals surface area contributed by atoms with Gasteiger partial charge in [0.2, 0.25) is 0 Å². The molecule has 5 nitrogen and oxygen atoms in total. The van der Waals surface area contributed by atoms with Crippen LogP contribution in [0.2, 0.25) is 0 Å². The van der Waals surface area contributed by atoms with Crippen LogP contribution >= 0.6 is 0 Å². The van der Waals surface area contributed by atoms with Gasteiger partial charge in [0.1, 0.15) is 5.69 Å². The molecule has 0 spiro atoms. The first-order chi connectivity index (χ1) is 13.5. The van der Waals surface area contributed by atoms with E-state index in [4.69, 9.17) is 0 Å². The number of benzene rings is 2. The van der Waals surface area contributed by atoms with Gasteiger partial charge in [0.05, 0.1) is 4.90 Å².